The smallest absolute Gasteiger partial charge is 0.191 e. The minimum atomic E-state index is -1.10. The molecule has 1 saturated heterocycles. The van der Waals surface area contributed by atoms with Gasteiger partial charge in [-0.1, -0.05) is 6.07 Å². The molecule has 3 N–H and O–H groups in total. The second-order valence-corrected chi connectivity index (χ2v) is 7.61. The number of guanidine groups is 1. The van der Waals surface area contributed by atoms with Gasteiger partial charge in [-0.05, 0) is 31.5 Å². The molecule has 1 aromatic heterocycles. The number of hydrogen-bond donors (Lipinski definition) is 3. The summed E-state index contributed by atoms with van der Waals surface area (Å²) < 4.78 is 21.6. The molecule has 1 aromatic carbocycles. The summed E-state index contributed by atoms with van der Waals surface area (Å²) in [6.45, 7) is 7.57. The van der Waals surface area contributed by atoms with Gasteiger partial charge < -0.3 is 25.4 Å². The molecular formula is C21H31FN6O2. The zero-order chi connectivity index (χ0) is 21.6. The Morgan fingerprint density at radius 1 is 1.33 bits per heavy atom. The van der Waals surface area contributed by atoms with Gasteiger partial charge in [0.25, 0.3) is 0 Å². The summed E-state index contributed by atoms with van der Waals surface area (Å²) in [5.74, 6) is 0.307. The third-order valence-electron chi connectivity index (χ3n) is 5.05. The summed E-state index contributed by atoms with van der Waals surface area (Å²) >= 11 is 0. The van der Waals surface area contributed by atoms with Crippen LogP contribution in [0.1, 0.15) is 25.0 Å². The number of aliphatic hydroxyl groups is 1. The maximum absolute atomic E-state index is 14.6. The van der Waals surface area contributed by atoms with Crippen molar-refractivity contribution in [3.8, 4) is 0 Å². The van der Waals surface area contributed by atoms with Gasteiger partial charge in [0.05, 0.1) is 38.2 Å². The van der Waals surface area contributed by atoms with Crippen molar-refractivity contribution in [1.29, 1.82) is 0 Å². The number of ether oxygens (including phenoxy) is 1. The summed E-state index contributed by atoms with van der Waals surface area (Å²) in [6.07, 6.45) is 3.43. The molecule has 0 bridgehead atoms. The first-order valence-corrected chi connectivity index (χ1v) is 10.2. The van der Waals surface area contributed by atoms with E-state index >= 15 is 0 Å². The lowest BCUT2D eigenvalue weighted by molar-refractivity contribution is 0.0616. The van der Waals surface area contributed by atoms with Crippen molar-refractivity contribution >= 4 is 11.6 Å². The number of aliphatic imine (C=N–C) groups is 1. The van der Waals surface area contributed by atoms with E-state index in [1.165, 1.54) is 6.07 Å². The normalized spacial score (nSPS) is 17.0. The molecule has 1 atom stereocenters. The van der Waals surface area contributed by atoms with Crippen LogP contribution in [0.25, 0.3) is 0 Å². The van der Waals surface area contributed by atoms with Crippen LogP contribution in [0.3, 0.4) is 0 Å². The van der Waals surface area contributed by atoms with Crippen molar-refractivity contribution in [2.75, 3.05) is 44.3 Å². The zero-order valence-corrected chi connectivity index (χ0v) is 17.9. The van der Waals surface area contributed by atoms with Crippen molar-refractivity contribution in [3.63, 3.8) is 0 Å². The van der Waals surface area contributed by atoms with Crippen LogP contribution in [0, 0.1) is 5.82 Å². The third kappa shape index (κ3) is 5.70. The fraction of sp³-hybridized carbons (Fsp3) is 0.524. The molecule has 1 fully saturated rings. The number of halogens is 1. The number of nitrogens with one attached hydrogen (secondary N) is 2. The average molecular weight is 419 g/mol. The fourth-order valence-corrected chi connectivity index (χ4v) is 3.28. The van der Waals surface area contributed by atoms with Crippen molar-refractivity contribution in [3.05, 3.63) is 47.5 Å². The Morgan fingerprint density at radius 3 is 2.73 bits per heavy atom. The molecule has 0 radical (unpaired) electrons. The monoisotopic (exact) mass is 418 g/mol. The maximum atomic E-state index is 14.6. The molecule has 0 aliphatic carbocycles. The Kier molecular flexibility index (Phi) is 7.28. The molecule has 0 amide bonds. The topological polar surface area (TPSA) is 86.9 Å². The lowest BCUT2D eigenvalue weighted by Gasteiger charge is -2.29. The second-order valence-electron chi connectivity index (χ2n) is 7.61. The van der Waals surface area contributed by atoms with Gasteiger partial charge in [0.15, 0.2) is 5.96 Å². The first-order chi connectivity index (χ1) is 14.4. The molecule has 8 nitrogen and oxygen atoms in total. The van der Waals surface area contributed by atoms with Crippen LogP contribution in [0.5, 0.6) is 0 Å². The van der Waals surface area contributed by atoms with E-state index in [-0.39, 0.29) is 12.4 Å². The average Bonchev–Trinajstić information content (AvgIpc) is 3.18. The van der Waals surface area contributed by atoms with Crippen LogP contribution >= 0.6 is 0 Å². The van der Waals surface area contributed by atoms with Gasteiger partial charge in [-0.3, -0.25) is 4.68 Å². The van der Waals surface area contributed by atoms with Crippen LogP contribution in [0.4, 0.5) is 10.1 Å². The first-order valence-electron chi connectivity index (χ1n) is 10.2. The molecular weight excluding hydrogens is 387 g/mol. The van der Waals surface area contributed by atoms with E-state index in [0.717, 1.165) is 5.56 Å². The molecule has 1 aliphatic heterocycles. The van der Waals surface area contributed by atoms with Gasteiger partial charge in [0.2, 0.25) is 0 Å². The van der Waals surface area contributed by atoms with E-state index < -0.39 is 5.60 Å². The Hall–Kier alpha value is -2.65. The SMILES string of the molecule is CCNC(=NCc1ccc(N2CCOCC2)c(F)c1)NCC(C)(O)c1cnn(C)c1. The van der Waals surface area contributed by atoms with Crippen LogP contribution < -0.4 is 15.5 Å². The lowest BCUT2D eigenvalue weighted by atomic mass is 10.00. The highest BCUT2D eigenvalue weighted by molar-refractivity contribution is 5.79. The minimum Gasteiger partial charge on any atom is -0.383 e. The summed E-state index contributed by atoms with van der Waals surface area (Å²) in [5.41, 5.74) is 0.995. The second kappa shape index (κ2) is 9.90. The Balaban J connectivity index is 1.63. The Morgan fingerprint density at radius 2 is 2.10 bits per heavy atom. The van der Waals surface area contributed by atoms with Crippen LogP contribution in [-0.2, 0) is 23.9 Å². The molecule has 164 valence electrons. The lowest BCUT2D eigenvalue weighted by Crippen LogP contribution is -2.44. The molecule has 3 rings (SSSR count). The summed E-state index contributed by atoms with van der Waals surface area (Å²) in [5, 5.41) is 21.1. The highest BCUT2D eigenvalue weighted by Gasteiger charge is 2.25. The predicted octanol–water partition coefficient (Wildman–Crippen LogP) is 1.36. The summed E-state index contributed by atoms with van der Waals surface area (Å²) in [6, 6.07) is 5.23. The highest BCUT2D eigenvalue weighted by Crippen LogP contribution is 2.22. The van der Waals surface area contributed by atoms with Crippen molar-refractivity contribution < 1.29 is 14.2 Å². The van der Waals surface area contributed by atoms with Crippen molar-refractivity contribution in [1.82, 2.24) is 20.4 Å². The van der Waals surface area contributed by atoms with Gasteiger partial charge in [-0.2, -0.15) is 5.10 Å². The molecule has 2 heterocycles. The quantitative estimate of drug-likeness (QED) is 0.465. The molecule has 1 aliphatic rings. The highest BCUT2D eigenvalue weighted by atomic mass is 19.1. The molecule has 0 spiro atoms. The van der Waals surface area contributed by atoms with Gasteiger partial charge in [-0.25, -0.2) is 9.38 Å². The standard InChI is InChI=1S/C21H31FN6O2/c1-4-23-20(25-15-21(2,29)17-13-26-27(3)14-17)24-12-16-5-6-19(18(22)11-16)28-7-9-30-10-8-28/h5-6,11,13-14,29H,4,7-10,12,15H2,1-3H3,(H2,23,24,25). The molecule has 1 unspecified atom stereocenters. The molecule has 0 saturated carbocycles. The van der Waals surface area contributed by atoms with E-state index in [4.69, 9.17) is 4.74 Å². The number of aromatic nitrogens is 2. The largest absolute Gasteiger partial charge is 0.383 e. The van der Waals surface area contributed by atoms with Gasteiger partial charge in [0, 0.05) is 38.4 Å². The van der Waals surface area contributed by atoms with Gasteiger partial charge in [0.1, 0.15) is 11.4 Å². The van der Waals surface area contributed by atoms with Crippen LogP contribution in [0.2, 0.25) is 0 Å². The van der Waals surface area contributed by atoms with E-state index in [1.807, 2.05) is 24.9 Å². The number of hydrogen-bond acceptors (Lipinski definition) is 5. The molecule has 2 aromatic rings. The number of rotatable bonds is 7. The maximum Gasteiger partial charge on any atom is 0.191 e. The van der Waals surface area contributed by atoms with E-state index in [9.17, 15) is 9.50 Å². The zero-order valence-electron chi connectivity index (χ0n) is 17.9. The number of aryl methyl sites for hydroxylation is 1. The van der Waals surface area contributed by atoms with Crippen molar-refractivity contribution in [2.24, 2.45) is 12.0 Å². The van der Waals surface area contributed by atoms with Crippen molar-refractivity contribution in [2.45, 2.75) is 26.0 Å². The van der Waals surface area contributed by atoms with Crippen LogP contribution in [-0.4, -0.2) is 60.2 Å². The summed E-state index contributed by atoms with van der Waals surface area (Å²) in [7, 11) is 1.81. The van der Waals surface area contributed by atoms with Gasteiger partial charge in [-0.15, -0.1) is 0 Å². The number of anilines is 1. The number of benzene rings is 1. The predicted molar refractivity (Wildman–Crippen MR) is 115 cm³/mol. The molecule has 9 heteroatoms. The minimum absolute atomic E-state index is 0.248. The first kappa shape index (κ1) is 22.0. The summed E-state index contributed by atoms with van der Waals surface area (Å²) in [4.78, 5) is 6.53. The molecule has 30 heavy (non-hydrogen) atoms. The number of nitrogens with zero attached hydrogens (tertiary/aromatic N) is 4. The van der Waals surface area contributed by atoms with E-state index in [2.05, 4.69) is 20.7 Å². The third-order valence-corrected chi connectivity index (χ3v) is 5.05. The van der Waals surface area contributed by atoms with E-state index in [0.29, 0.717) is 56.6 Å². The number of morpholine rings is 1. The van der Waals surface area contributed by atoms with E-state index in [1.54, 1.807) is 30.1 Å². The van der Waals surface area contributed by atoms with Gasteiger partial charge >= 0.3 is 0 Å². The Labute approximate surface area is 176 Å². The van der Waals surface area contributed by atoms with Crippen LogP contribution in [0.15, 0.2) is 35.6 Å². The Bertz CT molecular complexity index is 861. The fourth-order valence-electron chi connectivity index (χ4n) is 3.28.